The molecule has 0 amide bonds. The summed E-state index contributed by atoms with van der Waals surface area (Å²) >= 11 is 5.19. The molecule has 0 aromatic heterocycles. The van der Waals surface area contributed by atoms with Gasteiger partial charge in [0.15, 0.2) is 10.9 Å². The molecule has 1 aliphatic heterocycles. The molecule has 3 N–H and O–H groups in total. The van der Waals surface area contributed by atoms with Gasteiger partial charge in [0.05, 0.1) is 6.04 Å². The normalized spacial score (nSPS) is 22.6. The van der Waals surface area contributed by atoms with E-state index in [1.165, 1.54) is 0 Å². The Bertz CT molecular complexity index is 595. The number of nitrogens with one attached hydrogen (secondary N) is 2. The monoisotopic (exact) mass is 274 g/mol. The molecule has 0 saturated carbocycles. The molecule has 1 aromatic rings. The highest BCUT2D eigenvalue weighted by atomic mass is 32.1. The Morgan fingerprint density at radius 3 is 2.95 bits per heavy atom. The molecule has 0 fully saturated rings. The van der Waals surface area contributed by atoms with Gasteiger partial charge in [-0.2, -0.15) is 0 Å². The molecular formula is C14H14N2O2S. The number of benzene rings is 1. The molecule has 1 heterocycles. The van der Waals surface area contributed by atoms with Crippen LogP contribution in [0.2, 0.25) is 0 Å². The van der Waals surface area contributed by atoms with Gasteiger partial charge in [-0.3, -0.25) is 4.79 Å². The number of phenolic OH excluding ortho intramolecular Hbond substituents is 1. The van der Waals surface area contributed by atoms with Crippen molar-refractivity contribution in [2.24, 2.45) is 0 Å². The quantitative estimate of drug-likeness (QED) is 0.683. The first kappa shape index (κ1) is 12.2. The Kier molecular flexibility index (Phi) is 2.98. The zero-order valence-electron chi connectivity index (χ0n) is 10.3. The highest BCUT2D eigenvalue weighted by molar-refractivity contribution is 7.80. The lowest BCUT2D eigenvalue weighted by molar-refractivity contribution is -0.116. The summed E-state index contributed by atoms with van der Waals surface area (Å²) < 4.78 is 0. The first-order valence-electron chi connectivity index (χ1n) is 6.28. The van der Waals surface area contributed by atoms with Gasteiger partial charge in [0, 0.05) is 17.7 Å². The van der Waals surface area contributed by atoms with Crippen LogP contribution in [0.15, 0.2) is 35.5 Å². The SMILES string of the molecule is O=C1CCCC2=C1[C@H](c1cccc(O)c1)NC(=S)N2. The molecule has 0 radical (unpaired) electrons. The van der Waals surface area contributed by atoms with Crippen molar-refractivity contribution in [2.75, 3.05) is 0 Å². The molecule has 4 nitrogen and oxygen atoms in total. The zero-order valence-corrected chi connectivity index (χ0v) is 11.1. The van der Waals surface area contributed by atoms with E-state index >= 15 is 0 Å². The number of Topliss-reactive ketones (excluding diaryl/α,β-unsaturated/α-hetero) is 1. The van der Waals surface area contributed by atoms with Gasteiger partial charge in [-0.05, 0) is 42.8 Å². The molecule has 1 atom stereocenters. The minimum atomic E-state index is -0.261. The van der Waals surface area contributed by atoms with Crippen LogP contribution in [0.3, 0.4) is 0 Å². The molecule has 0 spiro atoms. The number of aromatic hydroxyl groups is 1. The van der Waals surface area contributed by atoms with Crippen LogP contribution in [0.4, 0.5) is 0 Å². The van der Waals surface area contributed by atoms with Crippen LogP contribution < -0.4 is 10.6 Å². The molecule has 19 heavy (non-hydrogen) atoms. The number of phenols is 1. The van der Waals surface area contributed by atoms with Gasteiger partial charge in [0.2, 0.25) is 0 Å². The van der Waals surface area contributed by atoms with E-state index < -0.39 is 0 Å². The van der Waals surface area contributed by atoms with Crippen LogP contribution in [-0.4, -0.2) is 16.0 Å². The highest BCUT2D eigenvalue weighted by Crippen LogP contribution is 2.34. The van der Waals surface area contributed by atoms with Gasteiger partial charge < -0.3 is 15.7 Å². The summed E-state index contributed by atoms with van der Waals surface area (Å²) in [6, 6.07) is 6.67. The van der Waals surface area contributed by atoms with Crippen LogP contribution in [0, 0.1) is 0 Å². The van der Waals surface area contributed by atoms with E-state index in [0.29, 0.717) is 11.5 Å². The van der Waals surface area contributed by atoms with E-state index in [-0.39, 0.29) is 17.6 Å². The van der Waals surface area contributed by atoms with E-state index in [1.807, 2.05) is 6.07 Å². The van der Waals surface area contributed by atoms with E-state index in [9.17, 15) is 9.90 Å². The second kappa shape index (κ2) is 4.66. The summed E-state index contributed by atoms with van der Waals surface area (Å²) in [5.41, 5.74) is 2.53. The largest absolute Gasteiger partial charge is 0.508 e. The van der Waals surface area contributed by atoms with Crippen LogP contribution in [0.25, 0.3) is 0 Å². The zero-order chi connectivity index (χ0) is 13.4. The van der Waals surface area contributed by atoms with Crippen molar-refractivity contribution in [1.82, 2.24) is 10.6 Å². The minimum Gasteiger partial charge on any atom is -0.508 e. The highest BCUT2D eigenvalue weighted by Gasteiger charge is 2.33. The van der Waals surface area contributed by atoms with Gasteiger partial charge in [0.25, 0.3) is 0 Å². The molecule has 0 unspecified atom stereocenters. The molecule has 98 valence electrons. The van der Waals surface area contributed by atoms with Crippen molar-refractivity contribution in [1.29, 1.82) is 0 Å². The number of carbonyl (C=O) groups is 1. The molecule has 0 saturated heterocycles. The summed E-state index contributed by atoms with van der Waals surface area (Å²) in [6.45, 7) is 0. The fourth-order valence-electron chi connectivity index (χ4n) is 2.66. The maximum Gasteiger partial charge on any atom is 0.171 e. The summed E-state index contributed by atoms with van der Waals surface area (Å²) in [5, 5.41) is 16.3. The van der Waals surface area contributed by atoms with E-state index in [1.54, 1.807) is 18.2 Å². The second-order valence-corrected chi connectivity index (χ2v) is 5.20. The third-order valence-corrected chi connectivity index (χ3v) is 3.71. The third kappa shape index (κ3) is 2.21. The van der Waals surface area contributed by atoms with Gasteiger partial charge in [0.1, 0.15) is 5.75 Å². The van der Waals surface area contributed by atoms with E-state index in [0.717, 1.165) is 29.7 Å². The number of hydrogen-bond donors (Lipinski definition) is 3. The van der Waals surface area contributed by atoms with Crippen LogP contribution in [0.1, 0.15) is 30.9 Å². The number of allylic oxidation sites excluding steroid dienone is 1. The molecule has 1 aromatic carbocycles. The third-order valence-electron chi connectivity index (χ3n) is 3.49. The van der Waals surface area contributed by atoms with Gasteiger partial charge in [-0.25, -0.2) is 0 Å². The topological polar surface area (TPSA) is 61.4 Å². The van der Waals surface area contributed by atoms with Gasteiger partial charge in [-0.15, -0.1) is 0 Å². The van der Waals surface area contributed by atoms with Crippen molar-refractivity contribution in [2.45, 2.75) is 25.3 Å². The average Bonchev–Trinajstić information content (AvgIpc) is 2.37. The average molecular weight is 274 g/mol. The number of rotatable bonds is 1. The summed E-state index contributed by atoms with van der Waals surface area (Å²) in [4.78, 5) is 12.2. The number of hydrogen-bond acceptors (Lipinski definition) is 3. The predicted molar refractivity (Wildman–Crippen MR) is 75.6 cm³/mol. The molecular weight excluding hydrogens is 260 g/mol. The standard InChI is InChI=1S/C14H14N2O2S/c17-9-4-1-3-8(7-9)13-12-10(15-14(19)16-13)5-2-6-11(12)18/h1,3-4,7,13,17H,2,5-6H2,(H2,15,16,19)/t13-/m0/s1. The second-order valence-electron chi connectivity index (χ2n) is 4.80. The van der Waals surface area contributed by atoms with Crippen molar-refractivity contribution in [3.05, 3.63) is 41.1 Å². The maximum atomic E-state index is 12.2. The van der Waals surface area contributed by atoms with Crippen molar-refractivity contribution in [3.8, 4) is 5.75 Å². The Morgan fingerprint density at radius 2 is 2.16 bits per heavy atom. The van der Waals surface area contributed by atoms with Gasteiger partial charge >= 0.3 is 0 Å². The fraction of sp³-hybridized carbons (Fsp3) is 0.286. The van der Waals surface area contributed by atoms with Crippen LogP contribution in [0.5, 0.6) is 5.75 Å². The lowest BCUT2D eigenvalue weighted by Crippen LogP contribution is -2.46. The first-order chi connectivity index (χ1) is 9.15. The molecule has 3 rings (SSSR count). The Morgan fingerprint density at radius 1 is 1.32 bits per heavy atom. The number of carbonyl (C=O) groups excluding carboxylic acids is 1. The van der Waals surface area contributed by atoms with Crippen molar-refractivity contribution in [3.63, 3.8) is 0 Å². The molecule has 5 heteroatoms. The maximum absolute atomic E-state index is 12.2. The van der Waals surface area contributed by atoms with Crippen LogP contribution >= 0.6 is 12.2 Å². The Balaban J connectivity index is 2.08. The predicted octanol–water partition coefficient (Wildman–Crippen LogP) is 1.92. The lowest BCUT2D eigenvalue weighted by Gasteiger charge is -2.33. The van der Waals surface area contributed by atoms with E-state index in [4.69, 9.17) is 12.2 Å². The summed E-state index contributed by atoms with van der Waals surface area (Å²) in [7, 11) is 0. The number of ketones is 1. The summed E-state index contributed by atoms with van der Waals surface area (Å²) in [6.07, 6.45) is 2.28. The minimum absolute atomic E-state index is 0.150. The molecule has 1 aliphatic carbocycles. The Labute approximate surface area is 116 Å². The van der Waals surface area contributed by atoms with Crippen molar-refractivity contribution >= 4 is 23.1 Å². The fourth-order valence-corrected chi connectivity index (χ4v) is 2.90. The molecule has 2 aliphatic rings. The molecule has 0 bridgehead atoms. The Hall–Kier alpha value is -1.88. The lowest BCUT2D eigenvalue weighted by atomic mass is 9.85. The van der Waals surface area contributed by atoms with Gasteiger partial charge in [-0.1, -0.05) is 12.1 Å². The summed E-state index contributed by atoms with van der Waals surface area (Å²) in [5.74, 6) is 0.339. The van der Waals surface area contributed by atoms with E-state index in [2.05, 4.69) is 10.6 Å². The first-order valence-corrected chi connectivity index (χ1v) is 6.68. The van der Waals surface area contributed by atoms with Crippen molar-refractivity contribution < 1.29 is 9.90 Å². The number of thiocarbonyl (C=S) groups is 1. The van der Waals surface area contributed by atoms with Crippen LogP contribution in [-0.2, 0) is 4.79 Å². The smallest absolute Gasteiger partial charge is 0.171 e.